The Morgan fingerprint density at radius 1 is 1.19 bits per heavy atom. The van der Waals surface area contributed by atoms with Crippen LogP contribution in [-0.2, 0) is 13.0 Å². The van der Waals surface area contributed by atoms with Crippen molar-refractivity contribution in [3.05, 3.63) is 63.9 Å². The second-order valence-electron chi connectivity index (χ2n) is 5.06. The van der Waals surface area contributed by atoms with Gasteiger partial charge in [-0.3, -0.25) is 0 Å². The van der Waals surface area contributed by atoms with E-state index in [0.29, 0.717) is 11.6 Å². The molecule has 0 heterocycles. The molecule has 0 spiro atoms. The minimum Gasteiger partial charge on any atom is -0.489 e. The zero-order valence-electron chi connectivity index (χ0n) is 12.2. The normalized spacial score (nSPS) is 12.2. The molecule has 1 unspecified atom stereocenters. The molecule has 0 aliphatic heterocycles. The number of benzene rings is 2. The van der Waals surface area contributed by atoms with E-state index in [9.17, 15) is 4.39 Å². The molecule has 2 aromatic carbocycles. The lowest BCUT2D eigenvalue weighted by Gasteiger charge is -2.11. The molecular weight excluding hydrogens is 333 g/mol. The quantitative estimate of drug-likeness (QED) is 0.836. The number of hydrogen-bond donors (Lipinski definition) is 1. The minimum absolute atomic E-state index is 0.228. The number of ether oxygens (including phenoxy) is 1. The average Bonchev–Trinajstić information content (AvgIpc) is 2.48. The number of hydrogen-bond acceptors (Lipinski definition) is 2. The lowest BCUT2D eigenvalue weighted by molar-refractivity contribution is 0.299. The van der Waals surface area contributed by atoms with Crippen LogP contribution in [0.1, 0.15) is 18.1 Å². The summed E-state index contributed by atoms with van der Waals surface area (Å²) in [7, 11) is 1.95. The Morgan fingerprint density at radius 3 is 2.52 bits per heavy atom. The molecule has 1 N–H and O–H groups in total. The van der Waals surface area contributed by atoms with Crippen molar-refractivity contribution in [1.29, 1.82) is 0 Å². The molecule has 0 aliphatic carbocycles. The van der Waals surface area contributed by atoms with Gasteiger partial charge in [-0.1, -0.05) is 34.1 Å². The van der Waals surface area contributed by atoms with E-state index in [1.807, 2.05) is 37.4 Å². The summed E-state index contributed by atoms with van der Waals surface area (Å²) in [5.74, 6) is 0.488. The van der Waals surface area contributed by atoms with Gasteiger partial charge in [-0.05, 0) is 50.2 Å². The Kier molecular flexibility index (Phi) is 5.76. The largest absolute Gasteiger partial charge is 0.489 e. The lowest BCUT2D eigenvalue weighted by Crippen LogP contribution is -2.23. The fourth-order valence-corrected chi connectivity index (χ4v) is 2.31. The van der Waals surface area contributed by atoms with Crippen LogP contribution in [0, 0.1) is 5.82 Å². The third-order valence-corrected chi connectivity index (χ3v) is 3.86. The van der Waals surface area contributed by atoms with E-state index in [1.54, 1.807) is 6.07 Å². The summed E-state index contributed by atoms with van der Waals surface area (Å²) in [6.07, 6.45) is 0.970. The van der Waals surface area contributed by atoms with Crippen LogP contribution >= 0.6 is 15.9 Å². The van der Waals surface area contributed by atoms with Gasteiger partial charge in [0.25, 0.3) is 0 Å². The van der Waals surface area contributed by atoms with Crippen molar-refractivity contribution in [2.45, 2.75) is 26.0 Å². The molecule has 0 aromatic heterocycles. The highest BCUT2D eigenvalue weighted by Crippen LogP contribution is 2.19. The molecule has 112 valence electrons. The van der Waals surface area contributed by atoms with Crippen LogP contribution in [0.5, 0.6) is 5.75 Å². The van der Waals surface area contributed by atoms with E-state index >= 15 is 0 Å². The molecule has 0 bridgehead atoms. The van der Waals surface area contributed by atoms with Gasteiger partial charge in [-0.25, -0.2) is 4.39 Å². The van der Waals surface area contributed by atoms with E-state index in [0.717, 1.165) is 16.6 Å². The van der Waals surface area contributed by atoms with Crippen LogP contribution in [0.15, 0.2) is 46.9 Å². The van der Waals surface area contributed by atoms with Crippen LogP contribution in [0.4, 0.5) is 4.39 Å². The summed E-state index contributed by atoms with van der Waals surface area (Å²) in [4.78, 5) is 0. The molecule has 2 aromatic rings. The maximum absolute atomic E-state index is 13.7. The van der Waals surface area contributed by atoms with Gasteiger partial charge in [-0.2, -0.15) is 0 Å². The predicted octanol–water partition coefficient (Wildman–Crippen LogP) is 4.32. The van der Waals surface area contributed by atoms with Crippen molar-refractivity contribution in [3.63, 3.8) is 0 Å². The number of likely N-dealkylation sites (N-methyl/N-ethyl adjacent to an activating group) is 1. The summed E-state index contributed by atoms with van der Waals surface area (Å²) in [5, 5.41) is 3.21. The Morgan fingerprint density at radius 2 is 1.90 bits per heavy atom. The van der Waals surface area contributed by atoms with Crippen molar-refractivity contribution in [2.24, 2.45) is 0 Å². The summed E-state index contributed by atoms with van der Waals surface area (Å²) >= 11 is 3.24. The first-order valence-electron chi connectivity index (χ1n) is 6.91. The second kappa shape index (κ2) is 7.57. The predicted molar refractivity (Wildman–Crippen MR) is 87.1 cm³/mol. The molecule has 1 atom stereocenters. The van der Waals surface area contributed by atoms with E-state index in [4.69, 9.17) is 4.74 Å². The molecular formula is C17H19BrFNO. The van der Waals surface area contributed by atoms with Gasteiger partial charge in [0.2, 0.25) is 0 Å². The highest BCUT2D eigenvalue weighted by atomic mass is 79.9. The van der Waals surface area contributed by atoms with E-state index in [2.05, 4.69) is 28.2 Å². The zero-order valence-corrected chi connectivity index (χ0v) is 13.8. The monoisotopic (exact) mass is 351 g/mol. The van der Waals surface area contributed by atoms with Gasteiger partial charge in [0.15, 0.2) is 0 Å². The van der Waals surface area contributed by atoms with Crippen LogP contribution in [-0.4, -0.2) is 13.1 Å². The summed E-state index contributed by atoms with van der Waals surface area (Å²) in [6.45, 7) is 2.37. The van der Waals surface area contributed by atoms with E-state index < -0.39 is 0 Å². The number of halogens is 2. The molecule has 0 radical (unpaired) electrons. The smallest absolute Gasteiger partial charge is 0.130 e. The molecule has 21 heavy (non-hydrogen) atoms. The van der Waals surface area contributed by atoms with Gasteiger partial charge in [0.1, 0.15) is 18.2 Å². The maximum atomic E-state index is 13.7. The first-order valence-corrected chi connectivity index (χ1v) is 7.70. The number of rotatable bonds is 6. The van der Waals surface area contributed by atoms with Crippen LogP contribution in [0.3, 0.4) is 0 Å². The molecule has 2 nitrogen and oxygen atoms in total. The number of nitrogens with one attached hydrogen (secondary N) is 1. The van der Waals surface area contributed by atoms with Crippen molar-refractivity contribution in [1.82, 2.24) is 5.32 Å². The Labute approximate surface area is 133 Å². The summed E-state index contributed by atoms with van der Waals surface area (Å²) < 4.78 is 20.0. The molecule has 0 aliphatic rings. The molecule has 4 heteroatoms. The highest BCUT2D eigenvalue weighted by molar-refractivity contribution is 9.10. The van der Waals surface area contributed by atoms with Crippen LogP contribution in [0.2, 0.25) is 0 Å². The molecule has 0 saturated carbocycles. The molecule has 2 rings (SSSR count). The topological polar surface area (TPSA) is 21.3 Å². The van der Waals surface area contributed by atoms with Crippen molar-refractivity contribution >= 4 is 15.9 Å². The molecule has 0 saturated heterocycles. The van der Waals surface area contributed by atoms with E-state index in [-0.39, 0.29) is 12.4 Å². The van der Waals surface area contributed by atoms with Gasteiger partial charge < -0.3 is 10.1 Å². The first-order chi connectivity index (χ1) is 10.1. The van der Waals surface area contributed by atoms with Gasteiger partial charge >= 0.3 is 0 Å². The van der Waals surface area contributed by atoms with Gasteiger partial charge in [-0.15, -0.1) is 0 Å². The van der Waals surface area contributed by atoms with Crippen molar-refractivity contribution in [3.8, 4) is 5.75 Å². The SMILES string of the molecule is CNC(C)Cc1ccc(OCc2ccc(Br)cc2F)cc1. The van der Waals surface area contributed by atoms with Crippen molar-refractivity contribution < 1.29 is 9.13 Å². The highest BCUT2D eigenvalue weighted by Gasteiger charge is 2.05. The van der Waals surface area contributed by atoms with Crippen molar-refractivity contribution in [2.75, 3.05) is 7.05 Å². The minimum atomic E-state index is -0.260. The Hall–Kier alpha value is -1.39. The second-order valence-corrected chi connectivity index (χ2v) is 5.98. The fraction of sp³-hybridized carbons (Fsp3) is 0.294. The van der Waals surface area contributed by atoms with Crippen LogP contribution in [0.25, 0.3) is 0 Å². The maximum Gasteiger partial charge on any atom is 0.130 e. The van der Waals surface area contributed by atoms with Gasteiger partial charge in [0.05, 0.1) is 0 Å². The van der Waals surface area contributed by atoms with E-state index in [1.165, 1.54) is 11.6 Å². The average molecular weight is 352 g/mol. The fourth-order valence-electron chi connectivity index (χ4n) is 1.98. The Balaban J connectivity index is 1.94. The lowest BCUT2D eigenvalue weighted by atomic mass is 10.1. The first kappa shape index (κ1) is 16.0. The van der Waals surface area contributed by atoms with Crippen LogP contribution < -0.4 is 10.1 Å². The standard InChI is InChI=1S/C17H19BrFNO/c1-12(20-2)9-13-3-7-16(8-4-13)21-11-14-5-6-15(18)10-17(14)19/h3-8,10,12,20H,9,11H2,1-2H3. The third kappa shape index (κ3) is 4.83. The Bertz CT molecular complexity index is 586. The molecule has 0 amide bonds. The summed E-state index contributed by atoms with van der Waals surface area (Å²) in [5.41, 5.74) is 1.80. The van der Waals surface area contributed by atoms with Gasteiger partial charge in [0, 0.05) is 16.1 Å². The summed E-state index contributed by atoms with van der Waals surface area (Å²) in [6, 6.07) is 13.4. The third-order valence-electron chi connectivity index (χ3n) is 3.37. The molecule has 0 fully saturated rings. The zero-order chi connectivity index (χ0) is 15.2.